The van der Waals surface area contributed by atoms with Gasteiger partial charge in [0.15, 0.2) is 5.76 Å². The molecule has 0 spiro atoms. The molecular weight excluding hydrogens is 234 g/mol. The number of aryl methyl sites for hydroxylation is 1. The van der Waals surface area contributed by atoms with Crippen LogP contribution in [0.25, 0.3) is 0 Å². The summed E-state index contributed by atoms with van der Waals surface area (Å²) in [5.41, 5.74) is 0. The summed E-state index contributed by atoms with van der Waals surface area (Å²) in [4.78, 5) is 13.0. The van der Waals surface area contributed by atoms with E-state index in [0.29, 0.717) is 5.76 Å². The summed E-state index contributed by atoms with van der Waals surface area (Å²) in [5, 5.41) is 4.91. The quantitative estimate of drug-likeness (QED) is 0.902. The van der Waals surface area contributed by atoms with Gasteiger partial charge in [-0.3, -0.25) is 4.79 Å². The Hall–Kier alpha value is -1.55. The highest BCUT2D eigenvalue weighted by Crippen LogP contribution is 2.19. The molecule has 3 nitrogen and oxygen atoms in total. The Bertz CT molecular complexity index is 487. The second-order valence-corrected chi connectivity index (χ2v) is 4.81. The van der Waals surface area contributed by atoms with E-state index in [0.717, 1.165) is 17.1 Å². The maximum absolute atomic E-state index is 11.9. The van der Waals surface area contributed by atoms with Crippen LogP contribution < -0.4 is 5.32 Å². The molecule has 2 rings (SSSR count). The van der Waals surface area contributed by atoms with Crippen molar-refractivity contribution in [1.29, 1.82) is 0 Å². The normalized spacial score (nSPS) is 12.4. The van der Waals surface area contributed by atoms with Crippen LogP contribution in [-0.4, -0.2) is 5.91 Å². The Morgan fingerprint density at radius 1 is 1.47 bits per heavy atom. The van der Waals surface area contributed by atoms with Crippen molar-refractivity contribution in [2.75, 3.05) is 0 Å². The molecule has 4 heteroatoms. The van der Waals surface area contributed by atoms with Crippen molar-refractivity contribution in [3.63, 3.8) is 0 Å². The van der Waals surface area contributed by atoms with Crippen molar-refractivity contribution in [3.8, 4) is 0 Å². The summed E-state index contributed by atoms with van der Waals surface area (Å²) >= 11 is 1.63. The van der Waals surface area contributed by atoms with Crippen molar-refractivity contribution in [1.82, 2.24) is 5.32 Å². The monoisotopic (exact) mass is 249 g/mol. The van der Waals surface area contributed by atoms with Crippen LogP contribution in [0.1, 0.15) is 41.1 Å². The summed E-state index contributed by atoms with van der Waals surface area (Å²) < 4.78 is 5.40. The summed E-state index contributed by atoms with van der Waals surface area (Å²) in [6, 6.07) is 7.55. The minimum absolute atomic E-state index is 0.0117. The molecule has 0 fully saturated rings. The van der Waals surface area contributed by atoms with Gasteiger partial charge in [-0.1, -0.05) is 13.0 Å². The molecule has 0 aliphatic heterocycles. The SMILES string of the molecule is CCc1ccc(C(=O)NC(C)c2cccs2)o1. The third-order valence-electron chi connectivity index (χ3n) is 2.55. The van der Waals surface area contributed by atoms with Crippen molar-refractivity contribution in [2.45, 2.75) is 26.3 Å². The zero-order valence-electron chi connectivity index (χ0n) is 9.90. The highest BCUT2D eigenvalue weighted by atomic mass is 32.1. The fourth-order valence-corrected chi connectivity index (χ4v) is 2.30. The number of carbonyl (C=O) groups excluding carboxylic acids is 1. The van der Waals surface area contributed by atoms with Crippen LogP contribution in [0.5, 0.6) is 0 Å². The Kier molecular flexibility index (Phi) is 3.64. The van der Waals surface area contributed by atoms with Gasteiger partial charge in [0.25, 0.3) is 5.91 Å². The number of nitrogens with one attached hydrogen (secondary N) is 1. The Balaban J connectivity index is 2.01. The Labute approximate surface area is 104 Å². The van der Waals surface area contributed by atoms with E-state index < -0.39 is 0 Å². The molecule has 1 atom stereocenters. The predicted octanol–water partition coefficient (Wildman–Crippen LogP) is 3.39. The van der Waals surface area contributed by atoms with E-state index in [4.69, 9.17) is 4.42 Å². The van der Waals surface area contributed by atoms with Crippen LogP contribution in [0.2, 0.25) is 0 Å². The van der Waals surface area contributed by atoms with Gasteiger partial charge in [0, 0.05) is 11.3 Å². The largest absolute Gasteiger partial charge is 0.456 e. The third-order valence-corrected chi connectivity index (χ3v) is 3.61. The molecule has 1 unspecified atom stereocenters. The number of rotatable bonds is 4. The van der Waals surface area contributed by atoms with Gasteiger partial charge in [-0.25, -0.2) is 0 Å². The molecule has 90 valence electrons. The zero-order chi connectivity index (χ0) is 12.3. The number of thiophene rings is 1. The van der Waals surface area contributed by atoms with Gasteiger partial charge in [-0.2, -0.15) is 0 Å². The first-order valence-electron chi connectivity index (χ1n) is 5.63. The van der Waals surface area contributed by atoms with E-state index in [-0.39, 0.29) is 11.9 Å². The molecule has 1 N–H and O–H groups in total. The molecule has 0 aliphatic rings. The first-order chi connectivity index (χ1) is 8.20. The molecule has 17 heavy (non-hydrogen) atoms. The summed E-state index contributed by atoms with van der Waals surface area (Å²) in [7, 11) is 0. The summed E-state index contributed by atoms with van der Waals surface area (Å²) in [5.74, 6) is 1.05. The fourth-order valence-electron chi connectivity index (χ4n) is 1.57. The molecular formula is C13H15NO2S. The van der Waals surface area contributed by atoms with Gasteiger partial charge in [0.2, 0.25) is 0 Å². The van der Waals surface area contributed by atoms with E-state index in [1.165, 1.54) is 0 Å². The van der Waals surface area contributed by atoms with Crippen molar-refractivity contribution < 1.29 is 9.21 Å². The molecule has 2 aromatic heterocycles. The van der Waals surface area contributed by atoms with Crippen molar-refractivity contribution in [2.24, 2.45) is 0 Å². The summed E-state index contributed by atoms with van der Waals surface area (Å²) in [6.45, 7) is 3.96. The summed E-state index contributed by atoms with van der Waals surface area (Å²) in [6.07, 6.45) is 0.799. The average molecular weight is 249 g/mol. The second-order valence-electron chi connectivity index (χ2n) is 3.83. The Morgan fingerprint density at radius 3 is 2.88 bits per heavy atom. The second kappa shape index (κ2) is 5.19. The maximum Gasteiger partial charge on any atom is 0.287 e. The van der Waals surface area contributed by atoms with Gasteiger partial charge in [-0.15, -0.1) is 11.3 Å². The van der Waals surface area contributed by atoms with E-state index in [1.54, 1.807) is 17.4 Å². The molecule has 0 radical (unpaired) electrons. The van der Waals surface area contributed by atoms with Gasteiger partial charge >= 0.3 is 0 Å². The molecule has 0 saturated heterocycles. The average Bonchev–Trinajstić information content (AvgIpc) is 3.00. The Morgan fingerprint density at radius 2 is 2.29 bits per heavy atom. The van der Waals surface area contributed by atoms with E-state index in [1.807, 2.05) is 37.4 Å². The first-order valence-corrected chi connectivity index (χ1v) is 6.51. The number of amides is 1. The van der Waals surface area contributed by atoms with Crippen LogP contribution in [0.3, 0.4) is 0 Å². The van der Waals surface area contributed by atoms with Crippen LogP contribution in [0.15, 0.2) is 34.1 Å². The van der Waals surface area contributed by atoms with E-state index >= 15 is 0 Å². The number of carbonyl (C=O) groups is 1. The lowest BCUT2D eigenvalue weighted by Gasteiger charge is -2.10. The lowest BCUT2D eigenvalue weighted by atomic mass is 10.2. The molecule has 0 aromatic carbocycles. The highest BCUT2D eigenvalue weighted by Gasteiger charge is 2.14. The van der Waals surface area contributed by atoms with Gasteiger partial charge in [0.05, 0.1) is 6.04 Å². The van der Waals surface area contributed by atoms with Crippen LogP contribution in [0.4, 0.5) is 0 Å². The fraction of sp³-hybridized carbons (Fsp3) is 0.308. The number of hydrogen-bond acceptors (Lipinski definition) is 3. The minimum Gasteiger partial charge on any atom is -0.456 e. The number of furan rings is 1. The van der Waals surface area contributed by atoms with Crippen LogP contribution in [0, 0.1) is 0 Å². The topological polar surface area (TPSA) is 42.2 Å². The first kappa shape index (κ1) is 11.9. The number of hydrogen-bond donors (Lipinski definition) is 1. The van der Waals surface area contributed by atoms with Gasteiger partial charge in [-0.05, 0) is 30.5 Å². The highest BCUT2D eigenvalue weighted by molar-refractivity contribution is 7.10. The van der Waals surface area contributed by atoms with Gasteiger partial charge in [0.1, 0.15) is 5.76 Å². The van der Waals surface area contributed by atoms with Gasteiger partial charge < -0.3 is 9.73 Å². The lowest BCUT2D eigenvalue weighted by molar-refractivity contribution is 0.0911. The molecule has 0 bridgehead atoms. The predicted molar refractivity (Wildman–Crippen MR) is 68.3 cm³/mol. The third kappa shape index (κ3) is 2.77. The lowest BCUT2D eigenvalue weighted by Crippen LogP contribution is -2.25. The van der Waals surface area contributed by atoms with Crippen LogP contribution >= 0.6 is 11.3 Å². The molecule has 0 saturated carbocycles. The molecule has 2 heterocycles. The van der Waals surface area contributed by atoms with Crippen LogP contribution in [-0.2, 0) is 6.42 Å². The molecule has 2 aromatic rings. The maximum atomic E-state index is 11.9. The molecule has 0 aliphatic carbocycles. The smallest absolute Gasteiger partial charge is 0.287 e. The van der Waals surface area contributed by atoms with Crippen molar-refractivity contribution >= 4 is 17.2 Å². The van der Waals surface area contributed by atoms with E-state index in [9.17, 15) is 4.79 Å². The molecule has 1 amide bonds. The standard InChI is InChI=1S/C13H15NO2S/c1-3-10-6-7-11(16-10)13(15)14-9(2)12-5-4-8-17-12/h4-9H,3H2,1-2H3,(H,14,15). The zero-order valence-corrected chi connectivity index (χ0v) is 10.7. The van der Waals surface area contributed by atoms with E-state index in [2.05, 4.69) is 5.32 Å². The minimum atomic E-state index is -0.161. The van der Waals surface area contributed by atoms with Crippen molar-refractivity contribution in [3.05, 3.63) is 46.0 Å².